The standard InChI is InChI=1S/C30H29FN6O4/c1-17-9-10-19-20(6-2-8-24(19)35-27(38)22-15-23(22)31)26(17)41-28-21(7-3-12-32-28)25-11-13-33-29(36-25)34-18-5-4-14-37(16-18)30(39)40/h2-3,6-13,18,22-23H,4-5,14-16H2,1H3,(H,35,38)(H,39,40)(H,33,34,36)/t18-,22+,23+/m0/s1. The van der Waals surface area contributed by atoms with E-state index in [0.717, 1.165) is 29.2 Å². The monoisotopic (exact) mass is 556 g/mol. The molecule has 3 atom stereocenters. The van der Waals surface area contributed by atoms with Crippen LogP contribution in [0.4, 0.5) is 20.8 Å². The van der Waals surface area contributed by atoms with E-state index < -0.39 is 18.2 Å². The minimum atomic E-state index is -1.08. The van der Waals surface area contributed by atoms with Gasteiger partial charge in [-0.05, 0) is 56.0 Å². The molecular weight excluding hydrogens is 527 g/mol. The van der Waals surface area contributed by atoms with Gasteiger partial charge < -0.3 is 25.4 Å². The van der Waals surface area contributed by atoms with E-state index in [0.29, 0.717) is 47.6 Å². The Bertz CT molecular complexity index is 1630. The Morgan fingerprint density at radius 1 is 1.07 bits per heavy atom. The van der Waals surface area contributed by atoms with E-state index in [2.05, 4.69) is 25.6 Å². The predicted molar refractivity (Wildman–Crippen MR) is 152 cm³/mol. The molecule has 6 rings (SSSR count). The number of nitrogens with zero attached hydrogens (tertiary/aromatic N) is 4. The number of aryl methyl sites for hydroxylation is 1. The summed E-state index contributed by atoms with van der Waals surface area (Å²) >= 11 is 0. The molecule has 0 radical (unpaired) electrons. The smallest absolute Gasteiger partial charge is 0.407 e. The second-order valence-corrected chi connectivity index (χ2v) is 10.4. The van der Waals surface area contributed by atoms with E-state index in [1.807, 2.05) is 37.3 Å². The summed E-state index contributed by atoms with van der Waals surface area (Å²) in [7, 11) is 0. The van der Waals surface area contributed by atoms with Gasteiger partial charge in [-0.1, -0.05) is 24.3 Å². The number of alkyl halides is 1. The fourth-order valence-electron chi connectivity index (χ4n) is 5.14. The van der Waals surface area contributed by atoms with Crippen LogP contribution < -0.4 is 15.4 Å². The number of hydrogen-bond donors (Lipinski definition) is 3. The molecule has 4 aromatic rings. The molecule has 0 spiro atoms. The number of aromatic nitrogens is 3. The van der Waals surface area contributed by atoms with Gasteiger partial charge in [0.05, 0.1) is 17.2 Å². The number of nitrogens with one attached hydrogen (secondary N) is 2. The number of carbonyl (C=O) groups excluding carboxylic acids is 1. The summed E-state index contributed by atoms with van der Waals surface area (Å²) in [5, 5.41) is 17.0. The zero-order chi connectivity index (χ0) is 28.5. The first kappa shape index (κ1) is 26.4. The van der Waals surface area contributed by atoms with Crippen molar-refractivity contribution in [3.05, 3.63) is 66.5 Å². The summed E-state index contributed by atoms with van der Waals surface area (Å²) in [5.74, 6) is 0.399. The topological polar surface area (TPSA) is 130 Å². The number of benzene rings is 2. The van der Waals surface area contributed by atoms with Crippen molar-refractivity contribution in [3.8, 4) is 22.9 Å². The lowest BCUT2D eigenvalue weighted by Gasteiger charge is -2.31. The van der Waals surface area contributed by atoms with Crippen LogP contribution in [0.15, 0.2) is 60.9 Å². The van der Waals surface area contributed by atoms with Gasteiger partial charge in [0.15, 0.2) is 0 Å². The van der Waals surface area contributed by atoms with E-state index in [4.69, 9.17) is 4.74 Å². The Morgan fingerprint density at radius 3 is 2.73 bits per heavy atom. The van der Waals surface area contributed by atoms with Gasteiger partial charge in [-0.25, -0.2) is 24.1 Å². The second-order valence-electron chi connectivity index (χ2n) is 10.4. The van der Waals surface area contributed by atoms with Gasteiger partial charge >= 0.3 is 6.09 Å². The van der Waals surface area contributed by atoms with E-state index in [-0.39, 0.29) is 18.4 Å². The van der Waals surface area contributed by atoms with Crippen molar-refractivity contribution < 1.29 is 23.8 Å². The van der Waals surface area contributed by atoms with Crippen LogP contribution in [0.3, 0.4) is 0 Å². The van der Waals surface area contributed by atoms with Crippen LogP contribution in [-0.4, -0.2) is 62.3 Å². The van der Waals surface area contributed by atoms with E-state index in [9.17, 15) is 19.1 Å². The minimum absolute atomic E-state index is 0.0940. The number of carboxylic acid groups (broad SMARTS) is 1. The van der Waals surface area contributed by atoms with Crippen molar-refractivity contribution in [1.82, 2.24) is 19.9 Å². The highest BCUT2D eigenvalue weighted by atomic mass is 19.1. The third-order valence-electron chi connectivity index (χ3n) is 7.44. The molecule has 11 heteroatoms. The SMILES string of the molecule is Cc1ccc2c(NC(=O)[C@@H]3C[C@H]3F)cccc2c1Oc1ncccc1-c1ccnc(N[C@H]2CCCN(C(=O)O)C2)n1. The molecule has 0 unspecified atom stereocenters. The summed E-state index contributed by atoms with van der Waals surface area (Å²) in [5.41, 5.74) is 2.70. The van der Waals surface area contributed by atoms with Crippen molar-refractivity contribution in [2.24, 2.45) is 5.92 Å². The van der Waals surface area contributed by atoms with Crippen LogP contribution in [0, 0.1) is 12.8 Å². The molecule has 2 aromatic carbocycles. The van der Waals surface area contributed by atoms with E-state index >= 15 is 0 Å². The van der Waals surface area contributed by atoms with Gasteiger partial charge in [-0.2, -0.15) is 0 Å². The number of carbonyl (C=O) groups is 2. The molecule has 1 saturated carbocycles. The van der Waals surface area contributed by atoms with Crippen molar-refractivity contribution in [2.45, 2.75) is 38.4 Å². The van der Waals surface area contributed by atoms with Crippen molar-refractivity contribution in [3.63, 3.8) is 0 Å². The molecule has 2 fully saturated rings. The average molecular weight is 557 g/mol. The Hall–Kier alpha value is -4.80. The van der Waals surface area contributed by atoms with Crippen LogP contribution in [0.5, 0.6) is 11.6 Å². The molecule has 2 aromatic heterocycles. The highest BCUT2D eigenvalue weighted by Crippen LogP contribution is 2.40. The van der Waals surface area contributed by atoms with E-state index in [1.165, 1.54) is 4.90 Å². The lowest BCUT2D eigenvalue weighted by molar-refractivity contribution is -0.117. The van der Waals surface area contributed by atoms with Gasteiger partial charge in [-0.15, -0.1) is 0 Å². The molecule has 41 heavy (non-hydrogen) atoms. The van der Waals surface area contributed by atoms with Crippen LogP contribution in [-0.2, 0) is 4.79 Å². The zero-order valence-corrected chi connectivity index (χ0v) is 22.4. The number of fused-ring (bicyclic) bond motifs is 1. The molecule has 3 heterocycles. The molecule has 210 valence electrons. The average Bonchev–Trinajstić information content (AvgIpc) is 3.72. The third kappa shape index (κ3) is 5.60. The number of likely N-dealkylation sites (tertiary alicyclic amines) is 1. The fourth-order valence-corrected chi connectivity index (χ4v) is 5.14. The number of amides is 2. The van der Waals surface area contributed by atoms with Crippen molar-refractivity contribution in [1.29, 1.82) is 0 Å². The fraction of sp³-hybridized carbons (Fsp3) is 0.300. The number of ether oxygens (including phenoxy) is 1. The summed E-state index contributed by atoms with van der Waals surface area (Å²) in [6, 6.07) is 14.7. The number of halogens is 1. The lowest BCUT2D eigenvalue weighted by atomic mass is 10.0. The first-order valence-corrected chi connectivity index (χ1v) is 13.6. The van der Waals surface area contributed by atoms with E-state index in [1.54, 1.807) is 30.6 Å². The molecule has 1 aliphatic carbocycles. The van der Waals surface area contributed by atoms with Gasteiger partial charge in [0, 0.05) is 48.0 Å². The Balaban J connectivity index is 1.28. The highest BCUT2D eigenvalue weighted by Gasteiger charge is 2.43. The molecule has 2 amide bonds. The first-order chi connectivity index (χ1) is 19.9. The summed E-state index contributed by atoms with van der Waals surface area (Å²) in [6.07, 6.45) is 3.10. The molecule has 1 aliphatic heterocycles. The van der Waals surface area contributed by atoms with Crippen LogP contribution in [0.25, 0.3) is 22.0 Å². The van der Waals surface area contributed by atoms with Gasteiger partial charge in [0.25, 0.3) is 0 Å². The Kier molecular flexibility index (Phi) is 7.08. The Labute approximate surface area is 235 Å². The minimum Gasteiger partial charge on any atom is -0.465 e. The van der Waals surface area contributed by atoms with Crippen LogP contribution >= 0.6 is 0 Å². The maximum Gasteiger partial charge on any atom is 0.407 e. The summed E-state index contributed by atoms with van der Waals surface area (Å²) in [6.45, 7) is 2.81. The number of rotatable bonds is 7. The van der Waals surface area contributed by atoms with Crippen LogP contribution in [0.2, 0.25) is 0 Å². The maximum atomic E-state index is 13.4. The lowest BCUT2D eigenvalue weighted by Crippen LogP contribution is -2.44. The normalized spacial score (nSPS) is 20.0. The summed E-state index contributed by atoms with van der Waals surface area (Å²) < 4.78 is 19.9. The molecule has 2 aliphatic rings. The quantitative estimate of drug-likeness (QED) is 0.267. The number of pyridine rings is 1. The zero-order valence-electron chi connectivity index (χ0n) is 22.4. The molecule has 10 nitrogen and oxygen atoms in total. The third-order valence-corrected chi connectivity index (χ3v) is 7.44. The van der Waals surface area contributed by atoms with Gasteiger partial charge in [-0.3, -0.25) is 4.79 Å². The number of anilines is 2. The van der Waals surface area contributed by atoms with Crippen LogP contribution in [0.1, 0.15) is 24.8 Å². The maximum absolute atomic E-state index is 13.4. The molecule has 3 N–H and O–H groups in total. The summed E-state index contributed by atoms with van der Waals surface area (Å²) in [4.78, 5) is 38.8. The van der Waals surface area contributed by atoms with Crippen molar-refractivity contribution in [2.75, 3.05) is 23.7 Å². The van der Waals surface area contributed by atoms with Crippen molar-refractivity contribution >= 4 is 34.4 Å². The molecular formula is C30H29FN6O4. The molecule has 1 saturated heterocycles. The first-order valence-electron chi connectivity index (χ1n) is 13.6. The highest BCUT2D eigenvalue weighted by molar-refractivity contribution is 6.05. The second kappa shape index (κ2) is 11.0. The molecule has 0 bridgehead atoms. The number of hydrogen-bond acceptors (Lipinski definition) is 7. The van der Waals surface area contributed by atoms with Gasteiger partial charge in [0.2, 0.25) is 17.7 Å². The van der Waals surface area contributed by atoms with Gasteiger partial charge in [0.1, 0.15) is 11.9 Å². The largest absolute Gasteiger partial charge is 0.465 e. The Morgan fingerprint density at radius 2 is 1.93 bits per heavy atom. The predicted octanol–water partition coefficient (Wildman–Crippen LogP) is 5.64. The number of piperidine rings is 1.